The molecule has 1 atom stereocenters. The van der Waals surface area contributed by atoms with Crippen LogP contribution < -0.4 is 0 Å². The van der Waals surface area contributed by atoms with Crippen LogP contribution in [-0.4, -0.2) is 46.1 Å². The van der Waals surface area contributed by atoms with Gasteiger partial charge < -0.3 is 9.55 Å². The standard InChI is InChI=1S/C12H16N4OS/c1-15(9-4-3-5-13-6-9)8-11(17)10-7-14-12(18)16(10)2/h3,5-7,9H,4,8H2,1-2H3,(H,14,18). The van der Waals surface area contributed by atoms with Crippen LogP contribution in [-0.2, 0) is 7.05 Å². The lowest BCUT2D eigenvalue weighted by atomic mass is 10.1. The number of likely N-dealkylation sites (N-methyl/N-ethyl adjacent to an activating group) is 1. The lowest BCUT2D eigenvalue weighted by molar-refractivity contribution is 0.0929. The zero-order chi connectivity index (χ0) is 13.1. The quantitative estimate of drug-likeness (QED) is 0.663. The molecule has 0 aliphatic carbocycles. The smallest absolute Gasteiger partial charge is 0.194 e. The van der Waals surface area contributed by atoms with Crippen LogP contribution in [0.1, 0.15) is 16.9 Å². The Kier molecular flexibility index (Phi) is 3.88. The Balaban J connectivity index is 2.03. The Bertz CT molecular complexity index is 555. The van der Waals surface area contributed by atoms with Gasteiger partial charge in [0.1, 0.15) is 5.69 Å². The van der Waals surface area contributed by atoms with Crippen molar-refractivity contribution >= 4 is 24.2 Å². The Morgan fingerprint density at radius 1 is 1.72 bits per heavy atom. The van der Waals surface area contributed by atoms with Gasteiger partial charge in [0, 0.05) is 31.7 Å². The number of ketones is 1. The maximum absolute atomic E-state index is 12.1. The van der Waals surface area contributed by atoms with Crippen LogP contribution in [0.2, 0.25) is 0 Å². The lowest BCUT2D eigenvalue weighted by Crippen LogP contribution is -2.37. The van der Waals surface area contributed by atoms with E-state index in [-0.39, 0.29) is 11.8 Å². The summed E-state index contributed by atoms with van der Waals surface area (Å²) < 4.78 is 2.25. The van der Waals surface area contributed by atoms with Gasteiger partial charge in [-0.1, -0.05) is 6.08 Å². The van der Waals surface area contributed by atoms with Gasteiger partial charge in [0.15, 0.2) is 10.6 Å². The van der Waals surface area contributed by atoms with E-state index in [4.69, 9.17) is 12.2 Å². The summed E-state index contributed by atoms with van der Waals surface area (Å²) in [6.07, 6.45) is 8.19. The Morgan fingerprint density at radius 2 is 2.50 bits per heavy atom. The molecule has 1 aromatic heterocycles. The number of aromatic amines is 1. The highest BCUT2D eigenvalue weighted by atomic mass is 32.1. The van der Waals surface area contributed by atoms with Gasteiger partial charge in [-0.15, -0.1) is 0 Å². The lowest BCUT2D eigenvalue weighted by Gasteiger charge is -2.24. The van der Waals surface area contributed by atoms with E-state index in [1.165, 1.54) is 0 Å². The first-order valence-electron chi connectivity index (χ1n) is 5.75. The van der Waals surface area contributed by atoms with Gasteiger partial charge >= 0.3 is 0 Å². The second kappa shape index (κ2) is 5.41. The summed E-state index contributed by atoms with van der Waals surface area (Å²) >= 11 is 5.04. The molecular formula is C12H16N4OS. The average molecular weight is 264 g/mol. The molecule has 18 heavy (non-hydrogen) atoms. The molecule has 0 saturated carbocycles. The minimum Gasteiger partial charge on any atom is -0.337 e. The molecule has 1 aliphatic rings. The molecule has 0 saturated heterocycles. The van der Waals surface area contributed by atoms with Crippen molar-refractivity contribution in [2.75, 3.05) is 13.6 Å². The highest BCUT2D eigenvalue weighted by molar-refractivity contribution is 7.71. The second-order valence-electron chi connectivity index (χ2n) is 4.36. The highest BCUT2D eigenvalue weighted by Crippen LogP contribution is 2.08. The summed E-state index contributed by atoms with van der Waals surface area (Å²) in [5.41, 5.74) is 0.607. The van der Waals surface area contributed by atoms with Gasteiger partial charge in [0.25, 0.3) is 0 Å². The van der Waals surface area contributed by atoms with E-state index in [9.17, 15) is 4.79 Å². The number of aromatic nitrogens is 2. The molecule has 6 heteroatoms. The maximum atomic E-state index is 12.1. The number of Topliss-reactive ketones (excluding diaryl/α,β-unsaturated/α-hetero) is 1. The number of aliphatic imine (C=N–C) groups is 1. The van der Waals surface area contributed by atoms with Crippen LogP contribution in [0.5, 0.6) is 0 Å². The number of rotatable bonds is 4. The third-order valence-corrected chi connectivity index (χ3v) is 3.46. The predicted octanol–water partition coefficient (Wildman–Crippen LogP) is 1.55. The number of carbonyl (C=O) groups is 1. The van der Waals surface area contributed by atoms with E-state index in [2.05, 4.69) is 9.98 Å². The van der Waals surface area contributed by atoms with Crippen molar-refractivity contribution in [3.63, 3.8) is 0 Å². The van der Waals surface area contributed by atoms with Gasteiger partial charge in [0.05, 0.1) is 6.54 Å². The van der Waals surface area contributed by atoms with Crippen LogP contribution in [0.3, 0.4) is 0 Å². The fraction of sp³-hybridized carbons (Fsp3) is 0.417. The molecule has 0 radical (unpaired) electrons. The summed E-state index contributed by atoms with van der Waals surface area (Å²) in [7, 11) is 3.71. The van der Waals surface area contributed by atoms with Crippen molar-refractivity contribution < 1.29 is 4.79 Å². The van der Waals surface area contributed by atoms with Crippen molar-refractivity contribution in [1.82, 2.24) is 14.5 Å². The summed E-state index contributed by atoms with van der Waals surface area (Å²) in [5, 5.41) is 0. The van der Waals surface area contributed by atoms with Crippen LogP contribution in [0, 0.1) is 4.77 Å². The minimum atomic E-state index is 0.0512. The van der Waals surface area contributed by atoms with Crippen molar-refractivity contribution in [2.45, 2.75) is 12.5 Å². The molecule has 0 amide bonds. The molecule has 2 heterocycles. The predicted molar refractivity (Wildman–Crippen MR) is 73.6 cm³/mol. The van der Waals surface area contributed by atoms with Gasteiger partial charge in [-0.2, -0.15) is 0 Å². The van der Waals surface area contributed by atoms with E-state index in [0.29, 0.717) is 17.0 Å². The first-order chi connectivity index (χ1) is 8.59. The Hall–Kier alpha value is -1.53. The fourth-order valence-electron chi connectivity index (χ4n) is 1.89. The zero-order valence-corrected chi connectivity index (χ0v) is 11.3. The van der Waals surface area contributed by atoms with E-state index in [1.807, 2.05) is 24.2 Å². The number of imidazole rings is 1. The summed E-state index contributed by atoms with van der Waals surface area (Å²) in [6, 6.07) is 0.186. The van der Waals surface area contributed by atoms with Crippen molar-refractivity contribution in [3.8, 4) is 0 Å². The number of carbonyl (C=O) groups excluding carboxylic acids is 1. The van der Waals surface area contributed by atoms with Crippen molar-refractivity contribution in [1.29, 1.82) is 0 Å². The first-order valence-corrected chi connectivity index (χ1v) is 6.16. The topological polar surface area (TPSA) is 53.4 Å². The van der Waals surface area contributed by atoms with Gasteiger partial charge in [-0.25, -0.2) is 0 Å². The number of nitrogens with one attached hydrogen (secondary N) is 1. The third kappa shape index (κ3) is 2.65. The molecule has 2 rings (SSSR count). The van der Waals surface area contributed by atoms with Crippen LogP contribution in [0.25, 0.3) is 0 Å². The first kappa shape index (κ1) is 12.9. The number of nitrogens with zero attached hydrogens (tertiary/aromatic N) is 3. The largest absolute Gasteiger partial charge is 0.337 e. The monoisotopic (exact) mass is 264 g/mol. The van der Waals surface area contributed by atoms with Gasteiger partial charge in [-0.05, 0) is 25.7 Å². The van der Waals surface area contributed by atoms with Crippen LogP contribution in [0.4, 0.5) is 0 Å². The van der Waals surface area contributed by atoms with E-state index in [0.717, 1.165) is 6.42 Å². The normalized spacial score (nSPS) is 18.5. The molecule has 96 valence electrons. The molecular weight excluding hydrogens is 248 g/mol. The third-order valence-electron chi connectivity index (χ3n) is 3.07. The summed E-state index contributed by atoms with van der Waals surface area (Å²) in [4.78, 5) is 21.1. The molecule has 0 fully saturated rings. The molecule has 1 aliphatic heterocycles. The number of hydrogen-bond donors (Lipinski definition) is 1. The van der Waals surface area contributed by atoms with Crippen molar-refractivity contribution in [3.05, 3.63) is 28.9 Å². The summed E-state index contributed by atoms with van der Waals surface area (Å²) in [6.45, 7) is 0.352. The molecule has 0 aromatic carbocycles. The average Bonchev–Trinajstić information content (AvgIpc) is 2.71. The Morgan fingerprint density at radius 3 is 3.06 bits per heavy atom. The van der Waals surface area contributed by atoms with Crippen LogP contribution >= 0.6 is 12.2 Å². The molecule has 0 bridgehead atoms. The van der Waals surface area contributed by atoms with E-state index >= 15 is 0 Å². The number of hydrogen-bond acceptors (Lipinski definition) is 4. The van der Waals surface area contributed by atoms with E-state index < -0.39 is 0 Å². The SMILES string of the molecule is CN(CC(=O)c1c[nH]c(=S)n1C)C1C=NC=CC1. The minimum absolute atomic E-state index is 0.0512. The molecule has 1 aromatic rings. The second-order valence-corrected chi connectivity index (χ2v) is 4.75. The number of H-pyrrole nitrogens is 1. The highest BCUT2D eigenvalue weighted by Gasteiger charge is 2.18. The molecule has 5 nitrogen and oxygen atoms in total. The van der Waals surface area contributed by atoms with Crippen molar-refractivity contribution in [2.24, 2.45) is 12.0 Å². The molecule has 0 spiro atoms. The van der Waals surface area contributed by atoms with Gasteiger partial charge in [-0.3, -0.25) is 14.7 Å². The zero-order valence-electron chi connectivity index (χ0n) is 10.5. The van der Waals surface area contributed by atoms with Gasteiger partial charge in [0.2, 0.25) is 0 Å². The Labute approximate surface area is 111 Å². The summed E-state index contributed by atoms with van der Waals surface area (Å²) in [5.74, 6) is 0.0512. The molecule has 1 unspecified atom stereocenters. The van der Waals surface area contributed by atoms with Crippen LogP contribution in [0.15, 0.2) is 23.5 Å². The fourth-order valence-corrected chi connectivity index (χ4v) is 2.05. The molecule has 1 N–H and O–H groups in total. The maximum Gasteiger partial charge on any atom is 0.194 e. The van der Waals surface area contributed by atoms with E-state index in [1.54, 1.807) is 24.0 Å².